The second-order valence-corrected chi connectivity index (χ2v) is 6.46. The number of benzene rings is 1. The van der Waals surface area contributed by atoms with Gasteiger partial charge in [0.15, 0.2) is 0 Å². The maximum absolute atomic E-state index is 11.9. The van der Waals surface area contributed by atoms with Crippen molar-refractivity contribution in [3.8, 4) is 5.75 Å². The average molecular weight is 334 g/mol. The Hall–Kier alpha value is -2.63. The van der Waals surface area contributed by atoms with Crippen LogP contribution in [0.4, 0.5) is 4.79 Å². The predicted octanol–water partition coefficient (Wildman–Crippen LogP) is 3.69. The van der Waals surface area contributed by atoms with Gasteiger partial charge in [-0.2, -0.15) is 0 Å². The minimum atomic E-state index is -0.926. The van der Waals surface area contributed by atoms with Gasteiger partial charge in [-0.05, 0) is 52.0 Å². The van der Waals surface area contributed by atoms with Crippen LogP contribution >= 0.6 is 0 Å². The third-order valence-electron chi connectivity index (χ3n) is 2.97. The van der Waals surface area contributed by atoms with Crippen molar-refractivity contribution >= 4 is 18.4 Å². The van der Waals surface area contributed by atoms with Crippen LogP contribution in [0.1, 0.15) is 44.5 Å². The molecule has 0 N–H and O–H groups in total. The summed E-state index contributed by atoms with van der Waals surface area (Å²) in [6.45, 7) is 10.1. The highest BCUT2D eigenvalue weighted by Crippen LogP contribution is 2.27. The van der Waals surface area contributed by atoms with Gasteiger partial charge < -0.3 is 14.2 Å². The minimum Gasteiger partial charge on any atom is -0.456 e. The van der Waals surface area contributed by atoms with E-state index in [2.05, 4.69) is 6.58 Å². The van der Waals surface area contributed by atoms with Gasteiger partial charge in [0.05, 0.1) is 0 Å². The molecule has 0 aromatic heterocycles. The molecular formula is C18H22O6. The number of carbonyl (C=O) groups is 3. The van der Waals surface area contributed by atoms with Gasteiger partial charge >= 0.3 is 12.1 Å². The molecule has 6 nitrogen and oxygen atoms in total. The van der Waals surface area contributed by atoms with Gasteiger partial charge in [0.2, 0.25) is 0 Å². The van der Waals surface area contributed by atoms with Crippen molar-refractivity contribution in [2.24, 2.45) is 0 Å². The summed E-state index contributed by atoms with van der Waals surface area (Å²) in [5.41, 5.74) is -1.30. The Kier molecular flexibility index (Phi) is 6.28. The van der Waals surface area contributed by atoms with E-state index >= 15 is 0 Å². The van der Waals surface area contributed by atoms with E-state index in [0.29, 0.717) is 11.8 Å². The second-order valence-electron chi connectivity index (χ2n) is 6.46. The van der Waals surface area contributed by atoms with Crippen molar-refractivity contribution < 1.29 is 28.6 Å². The van der Waals surface area contributed by atoms with Crippen LogP contribution < -0.4 is 4.74 Å². The van der Waals surface area contributed by atoms with Crippen LogP contribution in [0.5, 0.6) is 5.75 Å². The molecule has 0 atom stereocenters. The number of hydrogen-bond donors (Lipinski definition) is 0. The largest absolute Gasteiger partial charge is 0.514 e. The number of ether oxygens (including phenoxy) is 3. The van der Waals surface area contributed by atoms with Gasteiger partial charge in [-0.3, -0.25) is 4.79 Å². The fourth-order valence-corrected chi connectivity index (χ4v) is 2.37. The second kappa shape index (κ2) is 7.77. The van der Waals surface area contributed by atoms with E-state index in [9.17, 15) is 14.4 Å². The molecule has 0 bridgehead atoms. The quantitative estimate of drug-likeness (QED) is 0.327. The molecule has 6 heteroatoms. The molecule has 1 aromatic rings. The van der Waals surface area contributed by atoms with E-state index < -0.39 is 23.3 Å². The summed E-state index contributed by atoms with van der Waals surface area (Å²) < 4.78 is 15.6. The molecule has 0 aliphatic carbocycles. The first-order chi connectivity index (χ1) is 11.1. The monoisotopic (exact) mass is 334 g/mol. The molecular weight excluding hydrogens is 312 g/mol. The van der Waals surface area contributed by atoms with Crippen LogP contribution in [-0.4, -0.2) is 29.6 Å². The zero-order valence-corrected chi connectivity index (χ0v) is 14.3. The molecule has 0 radical (unpaired) electrons. The molecule has 0 spiro atoms. The molecule has 1 rings (SSSR count). The van der Waals surface area contributed by atoms with Gasteiger partial charge in [0, 0.05) is 18.1 Å². The standard InChI is InChI=1S/C18H22O6/c1-6-15(20)23-17(2,3)12-18(4,5)24-16(21)22-14-9-7-13(11-19)8-10-14/h6-11H,1,12H2,2-5H3. The maximum atomic E-state index is 11.9. The average Bonchev–Trinajstić information content (AvgIpc) is 2.45. The summed E-state index contributed by atoms with van der Waals surface area (Å²) >= 11 is 0. The van der Waals surface area contributed by atoms with E-state index in [0.717, 1.165) is 6.08 Å². The summed E-state index contributed by atoms with van der Waals surface area (Å²) in [6, 6.07) is 6.04. The Bertz CT molecular complexity index is 613. The molecule has 0 saturated carbocycles. The van der Waals surface area contributed by atoms with Gasteiger partial charge in [-0.15, -0.1) is 0 Å². The molecule has 24 heavy (non-hydrogen) atoms. The lowest BCUT2D eigenvalue weighted by molar-refractivity contribution is -0.155. The fraction of sp³-hybridized carbons (Fsp3) is 0.389. The van der Waals surface area contributed by atoms with Crippen molar-refractivity contribution in [3.63, 3.8) is 0 Å². The fourth-order valence-electron chi connectivity index (χ4n) is 2.37. The third-order valence-corrected chi connectivity index (χ3v) is 2.97. The first-order valence-corrected chi connectivity index (χ1v) is 7.38. The van der Waals surface area contributed by atoms with Crippen LogP contribution in [0.2, 0.25) is 0 Å². The number of hydrogen-bond acceptors (Lipinski definition) is 6. The topological polar surface area (TPSA) is 78.9 Å². The molecule has 0 saturated heterocycles. The third kappa shape index (κ3) is 6.64. The molecule has 0 fully saturated rings. The van der Waals surface area contributed by atoms with E-state index in [1.165, 1.54) is 24.3 Å². The highest BCUT2D eigenvalue weighted by Gasteiger charge is 2.34. The van der Waals surface area contributed by atoms with Crippen molar-refractivity contribution in [1.29, 1.82) is 0 Å². The molecule has 0 amide bonds. The summed E-state index contributed by atoms with van der Waals surface area (Å²) in [5, 5.41) is 0. The van der Waals surface area contributed by atoms with Gasteiger partial charge in [-0.1, -0.05) is 6.58 Å². The van der Waals surface area contributed by atoms with Crippen LogP contribution in [0.3, 0.4) is 0 Å². The van der Waals surface area contributed by atoms with E-state index in [1.807, 2.05) is 0 Å². The summed E-state index contributed by atoms with van der Waals surface area (Å²) in [5.74, 6) is -0.285. The smallest absolute Gasteiger partial charge is 0.456 e. The summed E-state index contributed by atoms with van der Waals surface area (Å²) in [6.07, 6.45) is 1.15. The van der Waals surface area contributed by atoms with Crippen LogP contribution in [0, 0.1) is 0 Å². The number of rotatable bonds is 7. The van der Waals surface area contributed by atoms with Crippen LogP contribution in [0.25, 0.3) is 0 Å². The Morgan fingerprint density at radius 3 is 2.08 bits per heavy atom. The lowest BCUT2D eigenvalue weighted by Gasteiger charge is -2.33. The summed E-state index contributed by atoms with van der Waals surface area (Å²) in [4.78, 5) is 33.8. The summed E-state index contributed by atoms with van der Waals surface area (Å²) in [7, 11) is 0. The zero-order chi connectivity index (χ0) is 18.4. The van der Waals surface area contributed by atoms with Gasteiger partial charge in [-0.25, -0.2) is 9.59 Å². The molecule has 1 aromatic carbocycles. The van der Waals surface area contributed by atoms with Crippen molar-refractivity contribution in [1.82, 2.24) is 0 Å². The van der Waals surface area contributed by atoms with Crippen molar-refractivity contribution in [3.05, 3.63) is 42.5 Å². The number of carbonyl (C=O) groups excluding carboxylic acids is 3. The first-order valence-electron chi connectivity index (χ1n) is 7.38. The highest BCUT2D eigenvalue weighted by atomic mass is 16.7. The first kappa shape index (κ1) is 19.4. The Labute approximate surface area is 141 Å². The molecule has 0 heterocycles. The number of aldehydes is 1. The Morgan fingerprint density at radius 2 is 1.58 bits per heavy atom. The van der Waals surface area contributed by atoms with Gasteiger partial charge in [0.1, 0.15) is 23.2 Å². The Balaban J connectivity index is 2.64. The van der Waals surface area contributed by atoms with Crippen molar-refractivity contribution in [2.75, 3.05) is 0 Å². The van der Waals surface area contributed by atoms with Crippen molar-refractivity contribution in [2.45, 2.75) is 45.3 Å². The van der Waals surface area contributed by atoms with Crippen LogP contribution in [0.15, 0.2) is 36.9 Å². The zero-order valence-electron chi connectivity index (χ0n) is 14.3. The minimum absolute atomic E-state index is 0.263. The molecule has 0 aliphatic rings. The number of esters is 1. The highest BCUT2D eigenvalue weighted by molar-refractivity contribution is 5.81. The normalized spacial score (nSPS) is 11.3. The van der Waals surface area contributed by atoms with E-state index in [1.54, 1.807) is 27.7 Å². The lowest BCUT2D eigenvalue weighted by Crippen LogP contribution is -2.40. The predicted molar refractivity (Wildman–Crippen MR) is 88.0 cm³/mol. The maximum Gasteiger partial charge on any atom is 0.514 e. The molecule has 130 valence electrons. The van der Waals surface area contributed by atoms with E-state index in [4.69, 9.17) is 14.2 Å². The lowest BCUT2D eigenvalue weighted by atomic mass is 9.92. The van der Waals surface area contributed by atoms with E-state index in [-0.39, 0.29) is 12.2 Å². The van der Waals surface area contributed by atoms with Gasteiger partial charge in [0.25, 0.3) is 0 Å². The molecule has 0 aliphatic heterocycles. The SMILES string of the molecule is C=CC(=O)OC(C)(C)CC(C)(C)OC(=O)Oc1ccc(C=O)cc1. The van der Waals surface area contributed by atoms with Crippen LogP contribution in [-0.2, 0) is 14.3 Å². The Morgan fingerprint density at radius 1 is 1.04 bits per heavy atom. The molecule has 0 unspecified atom stereocenters.